The van der Waals surface area contributed by atoms with E-state index in [4.69, 9.17) is 0 Å². The number of hydrogen-bond donors (Lipinski definition) is 1. The molecule has 3 nitrogen and oxygen atoms in total. The number of hydrogen-bond acceptors (Lipinski definition) is 2. The standard InChI is InChI=1S/C11H20N2O/c1-9-4-3-7-13(8-9)10-5-2-6-12-11(10)14/h9-10H,2-8H2,1H3,(H,12,14)/t9-,10+/m0/s1. The Bertz CT molecular complexity index is 217. The van der Waals surface area contributed by atoms with Crippen molar-refractivity contribution in [1.29, 1.82) is 0 Å². The number of nitrogens with zero attached hydrogens (tertiary/aromatic N) is 1. The Hall–Kier alpha value is -0.570. The highest BCUT2D eigenvalue weighted by Gasteiger charge is 2.30. The zero-order valence-electron chi connectivity index (χ0n) is 8.96. The molecule has 2 fully saturated rings. The van der Waals surface area contributed by atoms with Crippen LogP contribution in [0.4, 0.5) is 0 Å². The molecule has 2 heterocycles. The maximum atomic E-state index is 11.6. The van der Waals surface area contributed by atoms with Crippen LogP contribution in [0.1, 0.15) is 32.6 Å². The molecular formula is C11H20N2O. The highest BCUT2D eigenvalue weighted by molar-refractivity contribution is 5.82. The second-order valence-corrected chi connectivity index (χ2v) is 4.69. The van der Waals surface area contributed by atoms with Gasteiger partial charge in [-0.2, -0.15) is 0 Å². The van der Waals surface area contributed by atoms with Crippen molar-refractivity contribution in [1.82, 2.24) is 10.2 Å². The Morgan fingerprint density at radius 1 is 1.36 bits per heavy atom. The monoisotopic (exact) mass is 196 g/mol. The second-order valence-electron chi connectivity index (χ2n) is 4.69. The second kappa shape index (κ2) is 4.30. The molecular weight excluding hydrogens is 176 g/mol. The molecule has 14 heavy (non-hydrogen) atoms. The molecule has 0 radical (unpaired) electrons. The molecule has 2 aliphatic rings. The molecule has 0 aliphatic carbocycles. The molecule has 0 unspecified atom stereocenters. The van der Waals surface area contributed by atoms with E-state index in [1.807, 2.05) is 0 Å². The van der Waals surface area contributed by atoms with E-state index in [2.05, 4.69) is 17.1 Å². The lowest BCUT2D eigenvalue weighted by Gasteiger charge is -2.38. The number of rotatable bonds is 1. The summed E-state index contributed by atoms with van der Waals surface area (Å²) in [6, 6.07) is 0.173. The predicted octanol–water partition coefficient (Wildman–Crippen LogP) is 0.997. The van der Waals surface area contributed by atoms with E-state index in [1.54, 1.807) is 0 Å². The third-order valence-electron chi connectivity index (χ3n) is 3.39. The van der Waals surface area contributed by atoms with Gasteiger partial charge < -0.3 is 5.32 Å². The smallest absolute Gasteiger partial charge is 0.237 e. The first-order valence-electron chi connectivity index (χ1n) is 5.79. The maximum Gasteiger partial charge on any atom is 0.237 e. The Kier molecular flexibility index (Phi) is 3.06. The minimum atomic E-state index is 0.173. The van der Waals surface area contributed by atoms with Crippen molar-refractivity contribution in [3.63, 3.8) is 0 Å². The van der Waals surface area contributed by atoms with Crippen LogP contribution < -0.4 is 5.32 Å². The van der Waals surface area contributed by atoms with E-state index in [0.29, 0.717) is 0 Å². The summed E-state index contributed by atoms with van der Waals surface area (Å²) in [5, 5.41) is 2.96. The fourth-order valence-electron chi connectivity index (χ4n) is 2.61. The van der Waals surface area contributed by atoms with Crippen LogP contribution >= 0.6 is 0 Å². The lowest BCUT2D eigenvalue weighted by molar-refractivity contribution is -0.129. The van der Waals surface area contributed by atoms with Crippen LogP contribution in [-0.4, -0.2) is 36.5 Å². The summed E-state index contributed by atoms with van der Waals surface area (Å²) >= 11 is 0. The lowest BCUT2D eigenvalue weighted by atomic mass is 9.96. The van der Waals surface area contributed by atoms with Crippen LogP contribution in [0, 0.1) is 5.92 Å². The molecule has 2 saturated heterocycles. The van der Waals surface area contributed by atoms with Crippen LogP contribution in [0.25, 0.3) is 0 Å². The predicted molar refractivity (Wildman–Crippen MR) is 56.0 cm³/mol. The van der Waals surface area contributed by atoms with Crippen LogP contribution in [0.5, 0.6) is 0 Å². The number of likely N-dealkylation sites (tertiary alicyclic amines) is 1. The van der Waals surface area contributed by atoms with Gasteiger partial charge in [-0.05, 0) is 38.1 Å². The molecule has 1 N–H and O–H groups in total. The van der Waals surface area contributed by atoms with Gasteiger partial charge in [0.15, 0.2) is 0 Å². The van der Waals surface area contributed by atoms with Crippen molar-refractivity contribution in [3.8, 4) is 0 Å². The van der Waals surface area contributed by atoms with Crippen molar-refractivity contribution < 1.29 is 4.79 Å². The summed E-state index contributed by atoms with van der Waals surface area (Å²) in [4.78, 5) is 14.0. The summed E-state index contributed by atoms with van der Waals surface area (Å²) in [5.41, 5.74) is 0. The van der Waals surface area contributed by atoms with Gasteiger partial charge in [0.1, 0.15) is 0 Å². The highest BCUT2D eigenvalue weighted by Crippen LogP contribution is 2.21. The Labute approximate surface area is 85.8 Å². The quantitative estimate of drug-likeness (QED) is 0.678. The molecule has 2 atom stereocenters. The lowest BCUT2D eigenvalue weighted by Crippen LogP contribution is -2.53. The van der Waals surface area contributed by atoms with Gasteiger partial charge in [-0.1, -0.05) is 6.92 Å². The molecule has 0 aromatic rings. The third-order valence-corrected chi connectivity index (χ3v) is 3.39. The average molecular weight is 196 g/mol. The van der Waals surface area contributed by atoms with E-state index < -0.39 is 0 Å². The number of nitrogens with one attached hydrogen (secondary N) is 1. The SMILES string of the molecule is C[C@H]1CCCN([C@@H]2CCCNC2=O)C1. The summed E-state index contributed by atoms with van der Waals surface area (Å²) in [5.74, 6) is 1.02. The summed E-state index contributed by atoms with van der Waals surface area (Å²) < 4.78 is 0. The Morgan fingerprint density at radius 2 is 2.21 bits per heavy atom. The van der Waals surface area contributed by atoms with Gasteiger partial charge in [0.2, 0.25) is 5.91 Å². The maximum absolute atomic E-state index is 11.6. The number of amides is 1. The molecule has 2 rings (SSSR count). The van der Waals surface area contributed by atoms with Gasteiger partial charge in [0.05, 0.1) is 6.04 Å². The zero-order valence-corrected chi connectivity index (χ0v) is 8.96. The van der Waals surface area contributed by atoms with Crippen molar-refractivity contribution in [2.75, 3.05) is 19.6 Å². The number of piperidine rings is 2. The van der Waals surface area contributed by atoms with Gasteiger partial charge in [-0.15, -0.1) is 0 Å². The van der Waals surface area contributed by atoms with Crippen molar-refractivity contribution in [2.24, 2.45) is 5.92 Å². The van der Waals surface area contributed by atoms with Gasteiger partial charge >= 0.3 is 0 Å². The highest BCUT2D eigenvalue weighted by atomic mass is 16.2. The molecule has 80 valence electrons. The van der Waals surface area contributed by atoms with E-state index in [-0.39, 0.29) is 11.9 Å². The van der Waals surface area contributed by atoms with E-state index in [0.717, 1.165) is 38.4 Å². The van der Waals surface area contributed by atoms with Gasteiger partial charge in [-0.3, -0.25) is 9.69 Å². The van der Waals surface area contributed by atoms with Crippen LogP contribution in [0.15, 0.2) is 0 Å². The first kappa shape index (κ1) is 9.97. The Morgan fingerprint density at radius 3 is 2.93 bits per heavy atom. The first-order chi connectivity index (χ1) is 6.77. The largest absolute Gasteiger partial charge is 0.355 e. The summed E-state index contributed by atoms with van der Waals surface area (Å²) in [6.07, 6.45) is 4.77. The van der Waals surface area contributed by atoms with Crippen molar-refractivity contribution in [3.05, 3.63) is 0 Å². The molecule has 0 saturated carbocycles. The molecule has 2 aliphatic heterocycles. The third kappa shape index (κ3) is 2.08. The minimum Gasteiger partial charge on any atom is -0.355 e. The molecule has 0 aromatic carbocycles. The van der Waals surface area contributed by atoms with Gasteiger partial charge in [-0.25, -0.2) is 0 Å². The Balaban J connectivity index is 1.94. The van der Waals surface area contributed by atoms with E-state index in [9.17, 15) is 4.79 Å². The summed E-state index contributed by atoms with van der Waals surface area (Å²) in [7, 11) is 0. The van der Waals surface area contributed by atoms with E-state index in [1.165, 1.54) is 12.8 Å². The fourth-order valence-corrected chi connectivity index (χ4v) is 2.61. The van der Waals surface area contributed by atoms with Gasteiger partial charge in [0, 0.05) is 13.1 Å². The van der Waals surface area contributed by atoms with Crippen LogP contribution in [0.2, 0.25) is 0 Å². The number of carbonyl (C=O) groups excluding carboxylic acids is 1. The van der Waals surface area contributed by atoms with Crippen molar-refractivity contribution in [2.45, 2.75) is 38.6 Å². The fraction of sp³-hybridized carbons (Fsp3) is 0.909. The molecule has 1 amide bonds. The molecule has 0 aromatic heterocycles. The van der Waals surface area contributed by atoms with Crippen LogP contribution in [-0.2, 0) is 4.79 Å². The van der Waals surface area contributed by atoms with E-state index >= 15 is 0 Å². The summed E-state index contributed by atoms with van der Waals surface area (Å²) in [6.45, 7) is 5.38. The van der Waals surface area contributed by atoms with Gasteiger partial charge in [0.25, 0.3) is 0 Å². The molecule has 3 heteroatoms. The molecule has 0 bridgehead atoms. The van der Waals surface area contributed by atoms with Crippen LogP contribution in [0.3, 0.4) is 0 Å². The average Bonchev–Trinajstić information content (AvgIpc) is 2.18. The van der Waals surface area contributed by atoms with Crippen molar-refractivity contribution >= 4 is 5.91 Å². The minimum absolute atomic E-state index is 0.173. The molecule has 0 spiro atoms. The first-order valence-corrected chi connectivity index (χ1v) is 5.79. The topological polar surface area (TPSA) is 32.3 Å². The number of carbonyl (C=O) groups is 1. The normalized spacial score (nSPS) is 35.4. The zero-order chi connectivity index (χ0) is 9.97.